The highest BCUT2D eigenvalue weighted by molar-refractivity contribution is 5.80. The Labute approximate surface area is 268 Å². The van der Waals surface area contributed by atoms with Crippen LogP contribution in [-0.2, 0) is 30.2 Å². The zero-order valence-corrected chi connectivity index (χ0v) is 25.9. The van der Waals surface area contributed by atoms with Crippen molar-refractivity contribution in [2.75, 3.05) is 26.2 Å². The average molecular weight is 657 g/mol. The van der Waals surface area contributed by atoms with Gasteiger partial charge in [0.2, 0.25) is 5.91 Å². The first-order valence-electron chi connectivity index (χ1n) is 16.0. The normalized spacial score (nSPS) is 39.1. The van der Waals surface area contributed by atoms with Crippen molar-refractivity contribution in [1.82, 2.24) is 10.6 Å². The molecule has 4 rings (SSSR count). The van der Waals surface area contributed by atoms with E-state index in [1.54, 1.807) is 0 Å². The zero-order chi connectivity index (χ0) is 33.4. The summed E-state index contributed by atoms with van der Waals surface area (Å²) in [6.07, 6.45) is -10.0. The lowest BCUT2D eigenvalue weighted by Crippen LogP contribution is -2.69. The fourth-order valence-electron chi connectivity index (χ4n) is 6.26. The Hall–Kier alpha value is -1.87. The molecule has 3 aliphatic rings. The van der Waals surface area contributed by atoms with Crippen LogP contribution in [0.5, 0.6) is 0 Å². The molecular formula is C30H52N6O10. The molecule has 14 atom stereocenters. The minimum atomic E-state index is -1.51. The van der Waals surface area contributed by atoms with E-state index in [-0.39, 0.29) is 32.0 Å². The number of aliphatic hydroxyl groups excluding tert-OH is 5. The molecule has 1 aromatic rings. The summed E-state index contributed by atoms with van der Waals surface area (Å²) in [5, 5.41) is 59.9. The van der Waals surface area contributed by atoms with Gasteiger partial charge in [0.25, 0.3) is 0 Å². The van der Waals surface area contributed by atoms with Crippen molar-refractivity contribution in [3.05, 3.63) is 35.9 Å². The summed E-state index contributed by atoms with van der Waals surface area (Å²) in [6.45, 7) is 0.118. The molecule has 46 heavy (non-hydrogen) atoms. The first kappa shape index (κ1) is 37.0. The molecule has 15 N–H and O–H groups in total. The number of ether oxygens (including phenoxy) is 4. The summed E-state index contributed by atoms with van der Waals surface area (Å²) < 4.78 is 24.0. The highest BCUT2D eigenvalue weighted by atomic mass is 16.7. The molecule has 1 saturated carbocycles. The van der Waals surface area contributed by atoms with Crippen molar-refractivity contribution >= 4 is 5.91 Å². The van der Waals surface area contributed by atoms with Gasteiger partial charge >= 0.3 is 0 Å². The Balaban J connectivity index is 1.53. The van der Waals surface area contributed by atoms with Gasteiger partial charge in [-0.3, -0.25) is 4.79 Å². The van der Waals surface area contributed by atoms with Crippen LogP contribution >= 0.6 is 0 Å². The predicted octanol–water partition coefficient (Wildman–Crippen LogP) is -4.53. The summed E-state index contributed by atoms with van der Waals surface area (Å²) in [7, 11) is 0. The number of aliphatic hydroxyl groups is 5. The molecule has 16 heteroatoms. The van der Waals surface area contributed by atoms with Crippen LogP contribution in [-0.4, -0.2) is 143 Å². The maximum Gasteiger partial charge on any atom is 0.249 e. The molecule has 0 radical (unpaired) electrons. The number of carbonyl (C=O) groups excluding carboxylic acids is 1. The molecule has 1 amide bonds. The summed E-state index contributed by atoms with van der Waals surface area (Å²) in [5.41, 5.74) is 25.0. The van der Waals surface area contributed by atoms with Gasteiger partial charge in [-0.1, -0.05) is 30.3 Å². The third kappa shape index (κ3) is 9.18. The Morgan fingerprint density at radius 3 is 2.35 bits per heavy atom. The lowest BCUT2D eigenvalue weighted by Gasteiger charge is -2.49. The monoisotopic (exact) mass is 656 g/mol. The highest BCUT2D eigenvalue weighted by Gasteiger charge is 2.51. The van der Waals surface area contributed by atoms with Crippen molar-refractivity contribution in [1.29, 1.82) is 0 Å². The Morgan fingerprint density at radius 1 is 0.957 bits per heavy atom. The average Bonchev–Trinajstić information content (AvgIpc) is 3.05. The van der Waals surface area contributed by atoms with Gasteiger partial charge in [-0.2, -0.15) is 0 Å². The van der Waals surface area contributed by atoms with E-state index in [9.17, 15) is 30.3 Å². The predicted molar refractivity (Wildman–Crippen MR) is 165 cm³/mol. The summed E-state index contributed by atoms with van der Waals surface area (Å²) in [6, 6.07) is 6.34. The van der Waals surface area contributed by atoms with Gasteiger partial charge < -0.3 is 78.0 Å². The number of benzene rings is 1. The molecule has 3 fully saturated rings. The second kappa shape index (κ2) is 17.5. The standard InChI is InChI=1S/C30H52N6O10/c31-10-8-20(38)28(42)36-19-12-18(34)26(45-29-17(33)7-6-16(13-32)43-29)25(41)27(19)46-30-24(40)22(23(39)21(14-37)44-30)35-11-9-15-4-2-1-3-5-15/h1-5,16-27,29-30,35,37-41H,6-14,31-34H2,(H,36,42)/t16-,17?,18-,19+,20-,21?,22-,23+,24?,25?,26?,27-,29+,30+/m0/s1. The van der Waals surface area contributed by atoms with Crippen molar-refractivity contribution in [2.45, 2.75) is 118 Å². The smallest absolute Gasteiger partial charge is 0.249 e. The third-order valence-corrected chi connectivity index (χ3v) is 8.95. The van der Waals surface area contributed by atoms with Gasteiger partial charge in [0.15, 0.2) is 12.6 Å². The molecule has 2 heterocycles. The van der Waals surface area contributed by atoms with E-state index in [0.29, 0.717) is 25.8 Å². The zero-order valence-electron chi connectivity index (χ0n) is 25.9. The number of carbonyl (C=O) groups is 1. The molecule has 2 saturated heterocycles. The van der Waals surface area contributed by atoms with Gasteiger partial charge in [-0.05, 0) is 50.8 Å². The van der Waals surface area contributed by atoms with E-state index in [4.69, 9.17) is 41.9 Å². The maximum atomic E-state index is 12.8. The first-order chi connectivity index (χ1) is 22.1. The van der Waals surface area contributed by atoms with Gasteiger partial charge in [-0.15, -0.1) is 0 Å². The Bertz CT molecular complexity index is 1060. The van der Waals surface area contributed by atoms with Gasteiger partial charge in [0.1, 0.15) is 42.7 Å². The quantitative estimate of drug-likeness (QED) is 0.0899. The highest BCUT2D eigenvalue weighted by Crippen LogP contribution is 2.32. The van der Waals surface area contributed by atoms with Crippen molar-refractivity contribution in [2.24, 2.45) is 22.9 Å². The van der Waals surface area contributed by atoms with E-state index in [2.05, 4.69) is 10.6 Å². The number of rotatable bonds is 14. The van der Waals surface area contributed by atoms with E-state index in [1.165, 1.54) is 0 Å². The van der Waals surface area contributed by atoms with Crippen LogP contribution in [0.1, 0.15) is 31.2 Å². The Morgan fingerprint density at radius 2 is 1.67 bits per heavy atom. The van der Waals surface area contributed by atoms with Crippen molar-refractivity contribution in [3.63, 3.8) is 0 Å². The molecule has 5 unspecified atom stereocenters. The van der Waals surface area contributed by atoms with Crippen molar-refractivity contribution < 1.29 is 49.3 Å². The lowest BCUT2D eigenvalue weighted by molar-refractivity contribution is -0.316. The molecule has 1 aromatic carbocycles. The SMILES string of the molecule is NCC[C@H](O)C(=O)N[C@@H]1C[C@H](N)C(O[C@H]2O[C@H](CN)CCC2N)C(O)[C@H]1O[C@H]1OC(CO)[C@@H](O)[C@H](NCCc2ccccc2)C1O. The largest absolute Gasteiger partial charge is 0.394 e. The number of nitrogens with two attached hydrogens (primary N) is 4. The van der Waals surface area contributed by atoms with E-state index < -0.39 is 92.0 Å². The molecular weight excluding hydrogens is 604 g/mol. The van der Waals surface area contributed by atoms with Crippen LogP contribution in [0.15, 0.2) is 30.3 Å². The van der Waals surface area contributed by atoms with Crippen LogP contribution in [0.3, 0.4) is 0 Å². The minimum Gasteiger partial charge on any atom is -0.394 e. The first-order valence-corrected chi connectivity index (χ1v) is 16.0. The number of nitrogens with one attached hydrogen (secondary N) is 2. The van der Waals surface area contributed by atoms with E-state index in [1.807, 2.05) is 30.3 Å². The molecule has 0 spiro atoms. The van der Waals surface area contributed by atoms with Crippen molar-refractivity contribution in [3.8, 4) is 0 Å². The number of amides is 1. The fraction of sp³-hybridized carbons (Fsp3) is 0.767. The molecule has 2 aliphatic heterocycles. The molecule has 16 nitrogen and oxygen atoms in total. The molecule has 0 aromatic heterocycles. The second-order valence-corrected chi connectivity index (χ2v) is 12.3. The maximum absolute atomic E-state index is 12.8. The summed E-state index contributed by atoms with van der Waals surface area (Å²) in [4.78, 5) is 12.8. The Kier molecular flexibility index (Phi) is 14.1. The third-order valence-electron chi connectivity index (χ3n) is 8.95. The number of hydrogen-bond donors (Lipinski definition) is 11. The van der Waals surface area contributed by atoms with Gasteiger partial charge in [-0.25, -0.2) is 0 Å². The number of hydrogen-bond acceptors (Lipinski definition) is 15. The van der Waals surface area contributed by atoms with Crippen LogP contribution in [0.2, 0.25) is 0 Å². The van der Waals surface area contributed by atoms with Crippen LogP contribution in [0.4, 0.5) is 0 Å². The lowest BCUT2D eigenvalue weighted by atomic mass is 9.83. The topological polar surface area (TPSA) is 283 Å². The molecule has 1 aliphatic carbocycles. The van der Waals surface area contributed by atoms with E-state index >= 15 is 0 Å². The fourth-order valence-corrected chi connectivity index (χ4v) is 6.26. The molecule has 0 bridgehead atoms. The van der Waals surface area contributed by atoms with Crippen LogP contribution in [0.25, 0.3) is 0 Å². The summed E-state index contributed by atoms with van der Waals surface area (Å²) in [5.74, 6) is -0.750. The van der Waals surface area contributed by atoms with Gasteiger partial charge in [0.05, 0.1) is 30.8 Å². The van der Waals surface area contributed by atoms with Crippen LogP contribution in [0, 0.1) is 0 Å². The van der Waals surface area contributed by atoms with Crippen LogP contribution < -0.4 is 33.6 Å². The minimum absolute atomic E-state index is 0.000483. The van der Waals surface area contributed by atoms with Gasteiger partial charge in [0, 0.05) is 12.6 Å². The second-order valence-electron chi connectivity index (χ2n) is 12.3. The summed E-state index contributed by atoms with van der Waals surface area (Å²) >= 11 is 0. The van der Waals surface area contributed by atoms with E-state index in [0.717, 1.165) is 5.56 Å². The molecule has 262 valence electrons.